The van der Waals surface area contributed by atoms with Crippen LogP contribution in [0, 0.1) is 11.6 Å². The molecule has 0 aliphatic carbocycles. The molecular weight excluding hydrogens is 252 g/mol. The van der Waals surface area contributed by atoms with Crippen LogP contribution in [-0.4, -0.2) is 11.3 Å². The highest BCUT2D eigenvalue weighted by Gasteiger charge is 2.14. The predicted octanol–water partition coefficient (Wildman–Crippen LogP) is 3.59. The first-order valence-electron chi connectivity index (χ1n) is 5.47. The Kier molecular flexibility index (Phi) is 2.59. The minimum atomic E-state index is -0.710. The number of furan rings is 1. The maximum atomic E-state index is 13.8. The lowest BCUT2D eigenvalue weighted by Gasteiger charge is -2.03. The van der Waals surface area contributed by atoms with Crippen LogP contribution in [0.15, 0.2) is 41.1 Å². The summed E-state index contributed by atoms with van der Waals surface area (Å²) in [7, 11) is 0. The number of hydrogen-bond acceptors (Lipinski definition) is 3. The number of carbonyl (C=O) groups excluding carboxylic acids is 1. The SMILES string of the molecule is O=Cc1cc2cncc(-c3ccc(F)cc3F)c2o1. The first-order chi connectivity index (χ1) is 9.19. The van der Waals surface area contributed by atoms with Gasteiger partial charge in [-0.15, -0.1) is 0 Å². The Morgan fingerprint density at radius 2 is 1.95 bits per heavy atom. The van der Waals surface area contributed by atoms with Gasteiger partial charge >= 0.3 is 0 Å². The zero-order valence-corrected chi connectivity index (χ0v) is 9.56. The van der Waals surface area contributed by atoms with E-state index in [4.69, 9.17) is 4.42 Å². The predicted molar refractivity (Wildman–Crippen MR) is 64.7 cm³/mol. The molecule has 2 heterocycles. The summed E-state index contributed by atoms with van der Waals surface area (Å²) >= 11 is 0. The van der Waals surface area contributed by atoms with E-state index >= 15 is 0 Å². The largest absolute Gasteiger partial charge is 0.452 e. The van der Waals surface area contributed by atoms with Gasteiger partial charge in [-0.25, -0.2) is 8.78 Å². The first-order valence-corrected chi connectivity index (χ1v) is 5.47. The molecule has 0 spiro atoms. The van der Waals surface area contributed by atoms with Crippen molar-refractivity contribution in [3.8, 4) is 11.1 Å². The molecule has 0 unspecified atom stereocenters. The number of aldehydes is 1. The van der Waals surface area contributed by atoms with Crippen molar-refractivity contribution < 1.29 is 18.0 Å². The van der Waals surface area contributed by atoms with Gasteiger partial charge in [0.05, 0.1) is 0 Å². The molecule has 2 aromatic heterocycles. The number of fused-ring (bicyclic) bond motifs is 1. The summed E-state index contributed by atoms with van der Waals surface area (Å²) in [5.41, 5.74) is 0.900. The van der Waals surface area contributed by atoms with Gasteiger partial charge in [-0.2, -0.15) is 0 Å². The molecule has 0 amide bonds. The van der Waals surface area contributed by atoms with Gasteiger partial charge in [0.1, 0.15) is 17.2 Å². The maximum Gasteiger partial charge on any atom is 0.185 e. The summed E-state index contributed by atoms with van der Waals surface area (Å²) in [4.78, 5) is 14.7. The quantitative estimate of drug-likeness (QED) is 0.660. The molecule has 0 saturated carbocycles. The Bertz CT molecular complexity index is 780. The molecule has 3 rings (SSSR count). The molecule has 0 saturated heterocycles. The van der Waals surface area contributed by atoms with E-state index in [1.807, 2.05) is 0 Å². The van der Waals surface area contributed by atoms with E-state index in [1.165, 1.54) is 24.5 Å². The van der Waals surface area contributed by atoms with Crippen molar-refractivity contribution in [1.82, 2.24) is 4.98 Å². The Hall–Kier alpha value is -2.56. The minimum Gasteiger partial charge on any atom is -0.452 e. The smallest absolute Gasteiger partial charge is 0.185 e. The monoisotopic (exact) mass is 259 g/mol. The fourth-order valence-electron chi connectivity index (χ4n) is 1.94. The lowest BCUT2D eigenvalue weighted by Crippen LogP contribution is -1.87. The van der Waals surface area contributed by atoms with Crippen molar-refractivity contribution in [3.05, 3.63) is 54.1 Å². The highest BCUT2D eigenvalue weighted by atomic mass is 19.1. The van der Waals surface area contributed by atoms with Crippen molar-refractivity contribution >= 4 is 17.3 Å². The molecule has 94 valence electrons. The Balaban J connectivity index is 2.29. The van der Waals surface area contributed by atoms with E-state index in [1.54, 1.807) is 0 Å². The van der Waals surface area contributed by atoms with Crippen molar-refractivity contribution in [3.63, 3.8) is 0 Å². The molecule has 0 N–H and O–H groups in total. The second-order valence-corrected chi connectivity index (χ2v) is 4.00. The van der Waals surface area contributed by atoms with Gasteiger partial charge in [0.2, 0.25) is 0 Å². The number of carbonyl (C=O) groups is 1. The van der Waals surface area contributed by atoms with Crippen LogP contribution in [0.25, 0.3) is 22.1 Å². The normalized spacial score (nSPS) is 10.8. The van der Waals surface area contributed by atoms with Crippen LogP contribution in [0.4, 0.5) is 8.78 Å². The fourth-order valence-corrected chi connectivity index (χ4v) is 1.94. The number of hydrogen-bond donors (Lipinski definition) is 0. The van der Waals surface area contributed by atoms with Crippen LogP contribution >= 0.6 is 0 Å². The van der Waals surface area contributed by atoms with E-state index in [0.717, 1.165) is 12.1 Å². The number of rotatable bonds is 2. The molecule has 0 radical (unpaired) electrons. The molecule has 3 nitrogen and oxygen atoms in total. The molecular formula is C14H7F2NO2. The van der Waals surface area contributed by atoms with Crippen LogP contribution in [0.5, 0.6) is 0 Å². The number of halogens is 2. The van der Waals surface area contributed by atoms with Crippen LogP contribution in [0.2, 0.25) is 0 Å². The summed E-state index contributed by atoms with van der Waals surface area (Å²) in [6.45, 7) is 0. The van der Waals surface area contributed by atoms with Gasteiger partial charge in [-0.3, -0.25) is 9.78 Å². The summed E-state index contributed by atoms with van der Waals surface area (Å²) < 4.78 is 32.0. The van der Waals surface area contributed by atoms with Crippen LogP contribution in [-0.2, 0) is 0 Å². The van der Waals surface area contributed by atoms with E-state index in [9.17, 15) is 13.6 Å². The lowest BCUT2D eigenvalue weighted by atomic mass is 10.1. The minimum absolute atomic E-state index is 0.131. The Morgan fingerprint density at radius 3 is 2.68 bits per heavy atom. The maximum absolute atomic E-state index is 13.8. The number of aromatic nitrogens is 1. The third-order valence-electron chi connectivity index (χ3n) is 2.78. The van der Waals surface area contributed by atoms with E-state index < -0.39 is 11.6 Å². The third-order valence-corrected chi connectivity index (χ3v) is 2.78. The van der Waals surface area contributed by atoms with Gasteiger partial charge in [0, 0.05) is 35.0 Å². The second-order valence-electron chi connectivity index (χ2n) is 4.00. The molecule has 1 aromatic carbocycles. The van der Waals surface area contributed by atoms with Gasteiger partial charge in [0.15, 0.2) is 12.0 Å². The Morgan fingerprint density at radius 1 is 1.11 bits per heavy atom. The fraction of sp³-hybridized carbons (Fsp3) is 0. The summed E-state index contributed by atoms with van der Waals surface area (Å²) in [5, 5.41) is 0.586. The van der Waals surface area contributed by atoms with Gasteiger partial charge in [-0.1, -0.05) is 0 Å². The molecule has 3 aromatic rings. The molecule has 0 atom stereocenters. The summed E-state index contributed by atoms with van der Waals surface area (Å²) in [5.74, 6) is -1.24. The number of pyridine rings is 1. The van der Waals surface area contributed by atoms with Crippen LogP contribution in [0.3, 0.4) is 0 Å². The van der Waals surface area contributed by atoms with Gasteiger partial charge in [0.25, 0.3) is 0 Å². The zero-order valence-electron chi connectivity index (χ0n) is 9.56. The third kappa shape index (κ3) is 1.89. The van der Waals surface area contributed by atoms with E-state index in [0.29, 0.717) is 22.8 Å². The average molecular weight is 259 g/mol. The van der Waals surface area contributed by atoms with Gasteiger partial charge < -0.3 is 4.42 Å². The van der Waals surface area contributed by atoms with E-state index in [-0.39, 0.29) is 11.3 Å². The van der Waals surface area contributed by atoms with Crippen molar-refractivity contribution in [1.29, 1.82) is 0 Å². The number of nitrogens with zero attached hydrogens (tertiary/aromatic N) is 1. The molecule has 19 heavy (non-hydrogen) atoms. The summed E-state index contributed by atoms with van der Waals surface area (Å²) in [6.07, 6.45) is 3.48. The molecule has 0 fully saturated rings. The topological polar surface area (TPSA) is 43.1 Å². The average Bonchev–Trinajstić information content (AvgIpc) is 2.82. The van der Waals surface area contributed by atoms with Crippen LogP contribution in [0.1, 0.15) is 10.6 Å². The second kappa shape index (κ2) is 4.28. The Labute approximate surface area is 106 Å². The lowest BCUT2D eigenvalue weighted by molar-refractivity contribution is 0.110. The highest BCUT2D eigenvalue weighted by molar-refractivity contribution is 5.94. The van der Waals surface area contributed by atoms with Crippen molar-refractivity contribution in [2.45, 2.75) is 0 Å². The first kappa shape index (κ1) is 11.5. The van der Waals surface area contributed by atoms with Crippen LogP contribution < -0.4 is 0 Å². The highest BCUT2D eigenvalue weighted by Crippen LogP contribution is 2.31. The molecule has 5 heteroatoms. The zero-order chi connectivity index (χ0) is 13.4. The van der Waals surface area contributed by atoms with Gasteiger partial charge in [-0.05, 0) is 18.2 Å². The molecule has 0 aliphatic heterocycles. The number of benzene rings is 1. The molecule has 0 bridgehead atoms. The van der Waals surface area contributed by atoms with Crippen molar-refractivity contribution in [2.75, 3.05) is 0 Å². The standard InChI is InChI=1S/C14H7F2NO2/c15-9-1-2-11(13(16)4-9)12-6-17-5-8-3-10(7-18)19-14(8)12/h1-7H. The molecule has 0 aliphatic rings. The van der Waals surface area contributed by atoms with Crippen molar-refractivity contribution in [2.24, 2.45) is 0 Å². The van der Waals surface area contributed by atoms with E-state index in [2.05, 4.69) is 4.98 Å². The summed E-state index contributed by atoms with van der Waals surface area (Å²) in [6, 6.07) is 4.77.